The molecular formula is C15H27NO5. The normalized spacial score (nSPS) is 8.14. The van der Waals surface area contributed by atoms with Crippen molar-refractivity contribution in [1.82, 2.24) is 6.15 Å². The first-order valence-electron chi connectivity index (χ1n) is 6.16. The van der Waals surface area contributed by atoms with Gasteiger partial charge in [-0.2, -0.15) is 0 Å². The minimum Gasteiger partial charge on any atom is -0.497 e. The Morgan fingerprint density at radius 3 is 1.67 bits per heavy atom. The molecule has 0 saturated heterocycles. The second-order valence-electron chi connectivity index (χ2n) is 4.19. The van der Waals surface area contributed by atoms with Crippen molar-refractivity contribution in [3.8, 4) is 5.75 Å². The average Bonchev–Trinajstić information content (AvgIpc) is 2.28. The number of hydrogen-bond donors (Lipinski definition) is 2. The van der Waals surface area contributed by atoms with Gasteiger partial charge in [0.15, 0.2) is 0 Å². The van der Waals surface area contributed by atoms with E-state index in [9.17, 15) is 4.79 Å². The van der Waals surface area contributed by atoms with E-state index < -0.39 is 5.97 Å². The van der Waals surface area contributed by atoms with Crippen LogP contribution in [0.2, 0.25) is 0 Å². The fourth-order valence-electron chi connectivity index (χ4n) is 1.01. The van der Waals surface area contributed by atoms with Crippen molar-refractivity contribution in [3.63, 3.8) is 0 Å². The van der Waals surface area contributed by atoms with Crippen molar-refractivity contribution in [3.05, 3.63) is 29.8 Å². The smallest absolute Gasteiger partial charge is 0.302 e. The highest BCUT2D eigenvalue weighted by Crippen LogP contribution is 2.09. The Kier molecular flexibility index (Phi) is 16.4. The topological polar surface area (TPSA) is 108 Å². The molecule has 1 aromatic carbocycles. The Morgan fingerprint density at radius 2 is 1.48 bits per heavy atom. The van der Waals surface area contributed by atoms with Crippen molar-refractivity contribution >= 4 is 11.9 Å². The summed E-state index contributed by atoms with van der Waals surface area (Å²) in [4.78, 5) is 19.0. The van der Waals surface area contributed by atoms with Gasteiger partial charge >= 0.3 is 5.97 Å². The average molecular weight is 301 g/mol. The van der Waals surface area contributed by atoms with Crippen molar-refractivity contribution in [2.45, 2.75) is 40.7 Å². The first kappa shape index (κ1) is 24.0. The Morgan fingerprint density at radius 1 is 1.10 bits per heavy atom. The third-order valence-corrected chi connectivity index (χ3v) is 1.66. The quantitative estimate of drug-likeness (QED) is 0.812. The number of rotatable bonds is 2. The number of ether oxygens (including phenoxy) is 2. The lowest BCUT2D eigenvalue weighted by Gasteiger charge is -2.01. The van der Waals surface area contributed by atoms with Crippen LogP contribution < -0.4 is 10.9 Å². The first-order chi connectivity index (χ1) is 9.18. The van der Waals surface area contributed by atoms with E-state index in [1.807, 2.05) is 38.1 Å². The van der Waals surface area contributed by atoms with Crippen molar-refractivity contribution in [2.24, 2.45) is 0 Å². The summed E-state index contributed by atoms with van der Waals surface area (Å²) in [7, 11) is 1.67. The van der Waals surface area contributed by atoms with Crippen LogP contribution in [0.15, 0.2) is 24.3 Å². The number of benzene rings is 1. The van der Waals surface area contributed by atoms with Gasteiger partial charge in [0.05, 0.1) is 13.2 Å². The van der Waals surface area contributed by atoms with Crippen LogP contribution in [0.3, 0.4) is 0 Å². The molecule has 0 aliphatic carbocycles. The molecular weight excluding hydrogens is 274 g/mol. The van der Waals surface area contributed by atoms with E-state index in [0.717, 1.165) is 12.7 Å². The van der Waals surface area contributed by atoms with Gasteiger partial charge in [-0.1, -0.05) is 17.7 Å². The standard InChI is InChI=1S/C8H10O.C5H10O2.C2H4O2.H3N/c1-7-3-5-8(9-2)6-4-7;1-4(2)7-5(3)6;1-2(3)4;/h3-6H,1-2H3;4H,1-3H3;1H3,(H,3,4);1H3. The molecule has 6 nitrogen and oxygen atoms in total. The number of hydrogen-bond acceptors (Lipinski definition) is 5. The molecule has 0 fully saturated rings. The number of aliphatic carboxylic acids is 1. The van der Waals surface area contributed by atoms with Crippen LogP contribution in [0, 0.1) is 6.92 Å². The summed E-state index contributed by atoms with van der Waals surface area (Å²) >= 11 is 0. The summed E-state index contributed by atoms with van der Waals surface area (Å²) in [6, 6.07) is 7.96. The van der Waals surface area contributed by atoms with Gasteiger partial charge in [0.1, 0.15) is 5.75 Å². The Balaban J connectivity index is -0.000000244. The lowest BCUT2D eigenvalue weighted by molar-refractivity contribution is -0.144. The predicted octanol–water partition coefficient (Wildman–Crippen LogP) is 3.21. The number of carbonyl (C=O) groups is 2. The van der Waals surface area contributed by atoms with Crippen LogP contribution in [-0.2, 0) is 14.3 Å². The molecule has 6 heteroatoms. The van der Waals surface area contributed by atoms with E-state index >= 15 is 0 Å². The second kappa shape index (κ2) is 14.3. The number of methoxy groups -OCH3 is 1. The Bertz CT molecular complexity index is 384. The van der Waals surface area contributed by atoms with Crippen molar-refractivity contribution in [2.75, 3.05) is 7.11 Å². The summed E-state index contributed by atoms with van der Waals surface area (Å²) in [6.07, 6.45) is 0.0255. The third-order valence-electron chi connectivity index (χ3n) is 1.66. The van der Waals surface area contributed by atoms with Crippen LogP contribution in [0.1, 0.15) is 33.3 Å². The zero-order valence-corrected chi connectivity index (χ0v) is 13.7. The highest BCUT2D eigenvalue weighted by Gasteiger charge is 1.93. The number of carbonyl (C=O) groups excluding carboxylic acids is 1. The molecule has 0 amide bonds. The van der Waals surface area contributed by atoms with Crippen LogP contribution >= 0.6 is 0 Å². The third kappa shape index (κ3) is 23.4. The van der Waals surface area contributed by atoms with E-state index in [4.69, 9.17) is 14.6 Å². The number of esters is 1. The minimum atomic E-state index is -0.833. The molecule has 21 heavy (non-hydrogen) atoms. The SMILES string of the molecule is CC(=O)O.CC(=O)OC(C)C.COc1ccc(C)cc1.N. The molecule has 0 unspecified atom stereocenters. The highest BCUT2D eigenvalue weighted by atomic mass is 16.5. The summed E-state index contributed by atoms with van der Waals surface area (Å²) in [5, 5.41) is 7.42. The maximum absolute atomic E-state index is 10.0. The predicted molar refractivity (Wildman–Crippen MR) is 83.0 cm³/mol. The lowest BCUT2D eigenvalue weighted by atomic mass is 10.2. The minimum absolute atomic E-state index is 0. The van der Waals surface area contributed by atoms with Crippen LogP contribution in [0.4, 0.5) is 0 Å². The van der Waals surface area contributed by atoms with Gasteiger partial charge < -0.3 is 20.7 Å². The molecule has 0 aliphatic rings. The molecule has 0 heterocycles. The van der Waals surface area contributed by atoms with Crippen LogP contribution in [-0.4, -0.2) is 30.3 Å². The van der Waals surface area contributed by atoms with Gasteiger partial charge in [0.2, 0.25) is 0 Å². The van der Waals surface area contributed by atoms with Gasteiger partial charge in [0, 0.05) is 13.8 Å². The second-order valence-corrected chi connectivity index (χ2v) is 4.19. The number of aryl methyl sites for hydroxylation is 1. The lowest BCUT2D eigenvalue weighted by Crippen LogP contribution is -2.06. The maximum atomic E-state index is 10.0. The zero-order valence-electron chi connectivity index (χ0n) is 13.7. The van der Waals surface area contributed by atoms with E-state index in [0.29, 0.717) is 0 Å². The largest absolute Gasteiger partial charge is 0.497 e. The molecule has 1 rings (SSSR count). The molecule has 0 saturated carbocycles. The molecule has 122 valence electrons. The number of carboxylic acid groups (broad SMARTS) is 1. The van der Waals surface area contributed by atoms with E-state index in [-0.39, 0.29) is 18.2 Å². The molecule has 1 aromatic rings. The van der Waals surface area contributed by atoms with E-state index in [1.54, 1.807) is 7.11 Å². The van der Waals surface area contributed by atoms with Gasteiger partial charge in [0.25, 0.3) is 5.97 Å². The number of carboxylic acids is 1. The molecule has 4 N–H and O–H groups in total. The monoisotopic (exact) mass is 301 g/mol. The van der Waals surface area contributed by atoms with Crippen molar-refractivity contribution < 1.29 is 24.2 Å². The molecule has 0 radical (unpaired) electrons. The van der Waals surface area contributed by atoms with Crippen molar-refractivity contribution in [1.29, 1.82) is 0 Å². The van der Waals surface area contributed by atoms with Gasteiger partial charge in [-0.15, -0.1) is 0 Å². The molecule has 0 bridgehead atoms. The summed E-state index contributed by atoms with van der Waals surface area (Å²) in [5.41, 5.74) is 1.26. The molecule has 0 aliphatic heterocycles. The van der Waals surface area contributed by atoms with Gasteiger partial charge in [-0.3, -0.25) is 9.59 Å². The van der Waals surface area contributed by atoms with Crippen LogP contribution in [0.25, 0.3) is 0 Å². The van der Waals surface area contributed by atoms with Crippen LogP contribution in [0.5, 0.6) is 5.75 Å². The van der Waals surface area contributed by atoms with E-state index in [1.165, 1.54) is 12.5 Å². The summed E-state index contributed by atoms with van der Waals surface area (Å²) in [6.45, 7) is 8.18. The fourth-order valence-corrected chi connectivity index (χ4v) is 1.01. The highest BCUT2D eigenvalue weighted by molar-refractivity contribution is 5.66. The summed E-state index contributed by atoms with van der Waals surface area (Å²) in [5.74, 6) is -0.129. The first-order valence-corrected chi connectivity index (χ1v) is 6.16. The Hall–Kier alpha value is -2.08. The zero-order chi connectivity index (χ0) is 16.1. The molecule has 0 atom stereocenters. The molecule has 0 aromatic heterocycles. The van der Waals surface area contributed by atoms with Gasteiger partial charge in [-0.25, -0.2) is 0 Å². The Labute approximate surface area is 126 Å². The summed E-state index contributed by atoms with van der Waals surface area (Å²) < 4.78 is 9.58. The van der Waals surface area contributed by atoms with Gasteiger partial charge in [-0.05, 0) is 32.9 Å². The molecule has 0 spiro atoms. The maximum Gasteiger partial charge on any atom is 0.302 e. The van der Waals surface area contributed by atoms with E-state index in [2.05, 4.69) is 11.7 Å². The fraction of sp³-hybridized carbons (Fsp3) is 0.467.